The van der Waals surface area contributed by atoms with Crippen LogP contribution < -0.4 is 10.6 Å². The number of nitrogens with zero attached hydrogens (tertiary/aromatic N) is 1. The highest BCUT2D eigenvalue weighted by atomic mass is 35.5. The zero-order chi connectivity index (χ0) is 21.7. The number of aryl methyl sites for hydroxylation is 3. The van der Waals surface area contributed by atoms with Gasteiger partial charge in [-0.25, -0.2) is 4.98 Å². The summed E-state index contributed by atoms with van der Waals surface area (Å²) in [5.74, 6) is 0.360. The molecule has 30 heavy (non-hydrogen) atoms. The molecule has 1 aromatic heterocycles. The SMILES string of the molecule is Cc1cccc(C)c1NC(=O)CNC(=O)CCc1ncc(-c2ccc(Cl)cc2Cl)o1. The molecule has 2 aromatic carbocycles. The second-order valence-electron chi connectivity index (χ2n) is 6.83. The lowest BCUT2D eigenvalue weighted by atomic mass is 10.1. The highest BCUT2D eigenvalue weighted by molar-refractivity contribution is 6.36. The van der Waals surface area contributed by atoms with Gasteiger partial charge in [0, 0.05) is 29.1 Å². The quantitative estimate of drug-likeness (QED) is 0.538. The summed E-state index contributed by atoms with van der Waals surface area (Å²) in [7, 11) is 0. The molecule has 2 N–H and O–H groups in total. The van der Waals surface area contributed by atoms with E-state index in [0.29, 0.717) is 33.7 Å². The van der Waals surface area contributed by atoms with Gasteiger partial charge in [0.1, 0.15) is 0 Å². The van der Waals surface area contributed by atoms with Crippen LogP contribution in [0.15, 0.2) is 47.0 Å². The van der Waals surface area contributed by atoms with Crippen LogP contribution in [0.4, 0.5) is 5.69 Å². The molecule has 8 heteroatoms. The van der Waals surface area contributed by atoms with Crippen LogP contribution in [0.5, 0.6) is 0 Å². The van der Waals surface area contributed by atoms with Crippen LogP contribution in [0.3, 0.4) is 0 Å². The van der Waals surface area contributed by atoms with Gasteiger partial charge in [-0.3, -0.25) is 9.59 Å². The average molecular weight is 446 g/mol. The van der Waals surface area contributed by atoms with Crippen molar-refractivity contribution in [1.29, 1.82) is 0 Å². The molecule has 2 amide bonds. The van der Waals surface area contributed by atoms with E-state index >= 15 is 0 Å². The number of anilines is 1. The van der Waals surface area contributed by atoms with Gasteiger partial charge in [-0.2, -0.15) is 0 Å². The Labute approximate surface area is 184 Å². The zero-order valence-corrected chi connectivity index (χ0v) is 18.1. The molecule has 3 rings (SSSR count). The minimum absolute atomic E-state index is 0.107. The van der Waals surface area contributed by atoms with E-state index < -0.39 is 0 Å². The Morgan fingerprint density at radius 2 is 1.80 bits per heavy atom. The second-order valence-corrected chi connectivity index (χ2v) is 7.68. The van der Waals surface area contributed by atoms with E-state index in [4.69, 9.17) is 27.6 Å². The van der Waals surface area contributed by atoms with Gasteiger partial charge in [0.25, 0.3) is 0 Å². The maximum absolute atomic E-state index is 12.1. The van der Waals surface area contributed by atoms with Crippen LogP contribution >= 0.6 is 23.2 Å². The molecular weight excluding hydrogens is 425 g/mol. The number of aromatic nitrogens is 1. The fourth-order valence-corrected chi connectivity index (χ4v) is 3.42. The van der Waals surface area contributed by atoms with Crippen molar-refractivity contribution in [2.24, 2.45) is 0 Å². The molecule has 0 saturated carbocycles. The minimum atomic E-state index is -0.281. The van der Waals surface area contributed by atoms with Crippen molar-refractivity contribution in [3.63, 3.8) is 0 Å². The standard InChI is InChI=1S/C22H21Cl2N3O3/c1-13-4-3-5-14(2)22(13)27-20(29)12-25-19(28)8-9-21-26-11-18(30-21)16-7-6-15(23)10-17(16)24/h3-7,10-11H,8-9,12H2,1-2H3,(H,25,28)(H,27,29). The summed E-state index contributed by atoms with van der Waals surface area (Å²) in [5.41, 5.74) is 3.38. The number of para-hydroxylation sites is 1. The monoisotopic (exact) mass is 445 g/mol. The summed E-state index contributed by atoms with van der Waals surface area (Å²) in [6.07, 6.45) is 2.00. The van der Waals surface area contributed by atoms with Crippen LogP contribution in [0.2, 0.25) is 10.0 Å². The number of hydrogen-bond donors (Lipinski definition) is 2. The number of rotatable bonds is 7. The van der Waals surface area contributed by atoms with E-state index in [-0.39, 0.29) is 24.8 Å². The first kappa shape index (κ1) is 21.9. The Morgan fingerprint density at radius 3 is 2.50 bits per heavy atom. The summed E-state index contributed by atoms with van der Waals surface area (Å²) in [5, 5.41) is 6.43. The van der Waals surface area contributed by atoms with Crippen LogP contribution in [-0.4, -0.2) is 23.3 Å². The van der Waals surface area contributed by atoms with Gasteiger partial charge in [-0.1, -0.05) is 41.4 Å². The first-order valence-electron chi connectivity index (χ1n) is 9.36. The summed E-state index contributed by atoms with van der Waals surface area (Å²) in [6, 6.07) is 10.8. The second kappa shape index (κ2) is 9.78. The predicted octanol–water partition coefficient (Wildman–Crippen LogP) is 4.95. The third kappa shape index (κ3) is 5.62. The summed E-state index contributed by atoms with van der Waals surface area (Å²) < 4.78 is 5.67. The lowest BCUT2D eigenvalue weighted by Gasteiger charge is -2.11. The molecule has 0 fully saturated rings. The molecule has 0 radical (unpaired) electrons. The summed E-state index contributed by atoms with van der Waals surface area (Å²) in [4.78, 5) is 28.4. The zero-order valence-electron chi connectivity index (χ0n) is 16.6. The van der Waals surface area contributed by atoms with Crippen LogP contribution in [0.1, 0.15) is 23.4 Å². The van der Waals surface area contributed by atoms with Gasteiger partial charge in [0.2, 0.25) is 11.8 Å². The predicted molar refractivity (Wildman–Crippen MR) is 118 cm³/mol. The van der Waals surface area contributed by atoms with E-state index in [1.807, 2.05) is 32.0 Å². The van der Waals surface area contributed by atoms with Gasteiger partial charge in [-0.15, -0.1) is 0 Å². The van der Waals surface area contributed by atoms with Crippen LogP contribution in [0, 0.1) is 13.8 Å². The Bertz CT molecular complexity index is 1060. The Hall–Kier alpha value is -2.83. The molecule has 3 aromatic rings. The van der Waals surface area contributed by atoms with Crippen molar-refractivity contribution in [3.8, 4) is 11.3 Å². The minimum Gasteiger partial charge on any atom is -0.441 e. The number of hydrogen-bond acceptors (Lipinski definition) is 4. The van der Waals surface area contributed by atoms with Crippen molar-refractivity contribution in [1.82, 2.24) is 10.3 Å². The van der Waals surface area contributed by atoms with Crippen molar-refractivity contribution < 1.29 is 14.0 Å². The topological polar surface area (TPSA) is 84.2 Å². The Balaban J connectivity index is 1.48. The van der Waals surface area contributed by atoms with Crippen molar-refractivity contribution in [2.45, 2.75) is 26.7 Å². The van der Waals surface area contributed by atoms with Gasteiger partial charge >= 0.3 is 0 Å². The number of nitrogens with one attached hydrogen (secondary N) is 2. The van der Waals surface area contributed by atoms with E-state index in [9.17, 15) is 9.59 Å². The van der Waals surface area contributed by atoms with E-state index in [1.165, 1.54) is 0 Å². The van der Waals surface area contributed by atoms with Crippen molar-refractivity contribution in [2.75, 3.05) is 11.9 Å². The van der Waals surface area contributed by atoms with Crippen LogP contribution in [0.25, 0.3) is 11.3 Å². The molecule has 0 spiro atoms. The number of benzene rings is 2. The summed E-state index contributed by atoms with van der Waals surface area (Å²) in [6.45, 7) is 3.73. The normalized spacial score (nSPS) is 10.7. The van der Waals surface area contributed by atoms with Crippen molar-refractivity contribution in [3.05, 3.63) is 69.7 Å². The fraction of sp³-hybridized carbons (Fsp3) is 0.227. The number of oxazole rings is 1. The molecule has 0 aliphatic heterocycles. The van der Waals surface area contributed by atoms with E-state index in [2.05, 4.69) is 15.6 Å². The van der Waals surface area contributed by atoms with Gasteiger partial charge < -0.3 is 15.1 Å². The molecule has 6 nitrogen and oxygen atoms in total. The number of amides is 2. The average Bonchev–Trinajstić information content (AvgIpc) is 3.16. The maximum Gasteiger partial charge on any atom is 0.243 e. The van der Waals surface area contributed by atoms with Crippen LogP contribution in [-0.2, 0) is 16.0 Å². The van der Waals surface area contributed by atoms with Gasteiger partial charge in [-0.05, 0) is 43.2 Å². The summed E-state index contributed by atoms with van der Waals surface area (Å²) >= 11 is 12.1. The number of halogens is 2. The Morgan fingerprint density at radius 1 is 1.07 bits per heavy atom. The third-order valence-corrected chi connectivity index (χ3v) is 5.06. The molecule has 0 saturated heterocycles. The highest BCUT2D eigenvalue weighted by Crippen LogP contribution is 2.30. The first-order valence-corrected chi connectivity index (χ1v) is 10.1. The van der Waals surface area contributed by atoms with Gasteiger partial charge in [0.05, 0.1) is 17.8 Å². The molecule has 0 unspecified atom stereocenters. The molecule has 156 valence electrons. The molecule has 0 aliphatic carbocycles. The Kier molecular flexibility index (Phi) is 7.13. The lowest BCUT2D eigenvalue weighted by molar-refractivity contribution is -0.124. The maximum atomic E-state index is 12.1. The van der Waals surface area contributed by atoms with E-state index in [1.54, 1.807) is 24.4 Å². The number of carbonyl (C=O) groups excluding carboxylic acids is 2. The number of carbonyl (C=O) groups is 2. The highest BCUT2D eigenvalue weighted by Gasteiger charge is 2.13. The van der Waals surface area contributed by atoms with Crippen molar-refractivity contribution >= 4 is 40.7 Å². The fourth-order valence-electron chi connectivity index (χ4n) is 2.92. The van der Waals surface area contributed by atoms with Gasteiger partial charge in [0.15, 0.2) is 11.7 Å². The lowest BCUT2D eigenvalue weighted by Crippen LogP contribution is -2.33. The molecular formula is C22H21Cl2N3O3. The molecule has 1 heterocycles. The molecule has 0 atom stereocenters. The smallest absolute Gasteiger partial charge is 0.243 e. The first-order chi connectivity index (χ1) is 14.3. The third-order valence-electron chi connectivity index (χ3n) is 4.51. The molecule has 0 bridgehead atoms. The largest absolute Gasteiger partial charge is 0.441 e. The van der Waals surface area contributed by atoms with E-state index in [0.717, 1.165) is 16.8 Å². The molecule has 0 aliphatic rings.